The van der Waals surface area contributed by atoms with Gasteiger partial charge in [0.25, 0.3) is 0 Å². The number of aromatic nitrogens is 5. The largest absolute Gasteiger partial charge is 0.480 e. The molecule has 14 nitrogen and oxygen atoms in total. The molecule has 1 aromatic carbocycles. The van der Waals surface area contributed by atoms with Crippen LogP contribution in [-0.4, -0.2) is 132 Å². The number of carboxylic acids is 2. The van der Waals surface area contributed by atoms with Gasteiger partial charge in [0.05, 0.1) is 42.4 Å². The number of aliphatic carboxylic acids is 2. The van der Waals surface area contributed by atoms with Crippen molar-refractivity contribution in [3.05, 3.63) is 83.4 Å². The third-order valence-corrected chi connectivity index (χ3v) is 8.82. The van der Waals surface area contributed by atoms with Crippen molar-refractivity contribution in [1.82, 2.24) is 44.6 Å². The minimum atomic E-state index is -0.868. The fourth-order valence-corrected chi connectivity index (χ4v) is 6.39. The van der Waals surface area contributed by atoms with Crippen LogP contribution in [0.5, 0.6) is 0 Å². The van der Waals surface area contributed by atoms with E-state index in [-0.39, 0.29) is 19.6 Å². The molecule has 6 bridgehead atoms. The highest BCUT2D eigenvalue weighted by Gasteiger charge is 2.22. The number of fused-ring (bicyclic) bond motifs is 8. The van der Waals surface area contributed by atoms with Crippen LogP contribution in [0.4, 0.5) is 0 Å². The number of pyridine rings is 2. The summed E-state index contributed by atoms with van der Waals surface area (Å²) >= 11 is 0. The van der Waals surface area contributed by atoms with Crippen LogP contribution in [0.3, 0.4) is 0 Å². The molecule has 48 heavy (non-hydrogen) atoms. The van der Waals surface area contributed by atoms with Gasteiger partial charge in [-0.3, -0.25) is 34.2 Å². The molecule has 1 fully saturated rings. The summed E-state index contributed by atoms with van der Waals surface area (Å²) < 4.78 is 1.82. The van der Waals surface area contributed by atoms with Crippen LogP contribution in [0.1, 0.15) is 22.8 Å². The zero-order valence-electron chi connectivity index (χ0n) is 27.0. The Kier molecular flexibility index (Phi) is 10.8. The molecule has 14 heteroatoms. The molecule has 3 aliphatic rings. The molecule has 0 amide bonds. The number of rotatable bonds is 6. The van der Waals surface area contributed by atoms with E-state index < -0.39 is 11.9 Å². The predicted octanol–water partition coefficient (Wildman–Crippen LogP) is 1.31. The summed E-state index contributed by atoms with van der Waals surface area (Å²) in [5.41, 5.74) is 12.8. The average Bonchev–Trinajstić information content (AvgIpc) is 3.48. The fourth-order valence-electron chi connectivity index (χ4n) is 6.39. The number of nitrogens with two attached hydrogens (primary N) is 1. The van der Waals surface area contributed by atoms with E-state index in [1.807, 2.05) is 50.9 Å². The summed E-state index contributed by atoms with van der Waals surface area (Å²) in [7, 11) is 0. The molecule has 4 N–H and O–H groups in total. The van der Waals surface area contributed by atoms with Gasteiger partial charge in [-0.05, 0) is 35.4 Å². The number of carbonyl (C=O) groups is 2. The summed E-state index contributed by atoms with van der Waals surface area (Å²) in [5.74, 6) is -1.74. The van der Waals surface area contributed by atoms with E-state index in [0.717, 1.165) is 33.9 Å². The van der Waals surface area contributed by atoms with E-state index in [0.29, 0.717) is 83.4 Å². The first kappa shape index (κ1) is 33.3. The quantitative estimate of drug-likeness (QED) is 0.272. The third-order valence-electron chi connectivity index (χ3n) is 8.82. The Balaban J connectivity index is 1.48. The van der Waals surface area contributed by atoms with Crippen LogP contribution < -0.4 is 5.73 Å². The number of benzene rings is 1. The van der Waals surface area contributed by atoms with Gasteiger partial charge < -0.3 is 15.9 Å². The van der Waals surface area contributed by atoms with Gasteiger partial charge >= 0.3 is 11.9 Å². The minimum Gasteiger partial charge on any atom is -0.480 e. The van der Waals surface area contributed by atoms with Crippen molar-refractivity contribution in [1.29, 1.82) is 0 Å². The molecule has 4 aromatic rings. The molecule has 7 rings (SSSR count). The van der Waals surface area contributed by atoms with E-state index in [4.69, 9.17) is 15.7 Å². The first-order chi connectivity index (χ1) is 23.3. The lowest BCUT2D eigenvalue weighted by atomic mass is 10.0. The van der Waals surface area contributed by atoms with Gasteiger partial charge in [-0.25, -0.2) is 9.67 Å². The fraction of sp³-hybridized carbons (Fsp3) is 0.412. The van der Waals surface area contributed by atoms with Crippen molar-refractivity contribution in [2.75, 3.05) is 65.4 Å². The van der Waals surface area contributed by atoms with Crippen molar-refractivity contribution in [3.63, 3.8) is 0 Å². The first-order valence-electron chi connectivity index (χ1n) is 16.3. The lowest BCUT2D eigenvalue weighted by Crippen LogP contribution is -2.47. The van der Waals surface area contributed by atoms with Gasteiger partial charge in [0, 0.05) is 72.0 Å². The van der Waals surface area contributed by atoms with Crippen molar-refractivity contribution >= 4 is 11.9 Å². The molecule has 0 saturated carbocycles. The number of hydrogen-bond donors (Lipinski definition) is 3. The van der Waals surface area contributed by atoms with Gasteiger partial charge in [0.2, 0.25) is 0 Å². The van der Waals surface area contributed by atoms with Crippen molar-refractivity contribution in [2.24, 2.45) is 5.73 Å². The minimum absolute atomic E-state index is 0.0642. The molecule has 0 radical (unpaired) electrons. The summed E-state index contributed by atoms with van der Waals surface area (Å²) in [6, 6.07) is 20.1. The van der Waals surface area contributed by atoms with Gasteiger partial charge in [-0.15, -0.1) is 5.10 Å². The SMILES string of the molecule is NCc1nnn2c1-c1cccc(n1)CN1CCN(CC(=O)O)CCN(CCN(CC(=O)O)CC1)Cc1cc(-c3ccccc3)cc(n1)C2. The number of hydrogen-bond acceptors (Lipinski definition) is 11. The second kappa shape index (κ2) is 15.5. The van der Waals surface area contributed by atoms with E-state index in [1.54, 1.807) is 0 Å². The smallest absolute Gasteiger partial charge is 0.317 e. The molecule has 0 aliphatic carbocycles. The molecule has 1 saturated heterocycles. The number of carboxylic acid groups (broad SMARTS) is 2. The van der Waals surface area contributed by atoms with Crippen LogP contribution in [0, 0.1) is 0 Å². The number of nitrogens with zero attached hydrogens (tertiary/aromatic N) is 9. The Morgan fingerprint density at radius 3 is 1.83 bits per heavy atom. The maximum Gasteiger partial charge on any atom is 0.317 e. The van der Waals surface area contributed by atoms with Crippen LogP contribution in [0.2, 0.25) is 0 Å². The van der Waals surface area contributed by atoms with Gasteiger partial charge in [0.15, 0.2) is 0 Å². The highest BCUT2D eigenvalue weighted by Crippen LogP contribution is 2.25. The summed E-state index contributed by atoms with van der Waals surface area (Å²) in [4.78, 5) is 42.3. The molecule has 0 spiro atoms. The molecule has 3 aliphatic heterocycles. The molecule has 0 unspecified atom stereocenters. The molecular weight excluding hydrogens is 612 g/mol. The molecule has 252 valence electrons. The predicted molar refractivity (Wildman–Crippen MR) is 179 cm³/mol. The molecule has 6 heterocycles. The Morgan fingerprint density at radius 1 is 0.667 bits per heavy atom. The van der Waals surface area contributed by atoms with Gasteiger partial charge in [-0.2, -0.15) is 0 Å². The second-order valence-electron chi connectivity index (χ2n) is 12.4. The standard InChI is InChI=1S/C34H42N10O4/c35-19-31-34-30-8-4-7-27(37-30)20-40-9-13-42(23-32(45)46)15-11-41(12-16-43(14-10-40)24-33(47)48)21-28-17-26(25-5-2-1-3-6-25)18-29(36-28)22-44(34)39-38-31/h1-8,17-18H,9-16,19-24,35H2,(H,45,46)(H,47,48). The van der Waals surface area contributed by atoms with Crippen molar-refractivity contribution in [2.45, 2.75) is 26.2 Å². The maximum absolute atomic E-state index is 11.9. The average molecular weight is 655 g/mol. The zero-order valence-corrected chi connectivity index (χ0v) is 27.0. The highest BCUT2D eigenvalue weighted by atomic mass is 16.4. The summed E-state index contributed by atoms with van der Waals surface area (Å²) in [6.45, 7) is 5.98. The Hall–Kier alpha value is -4.60. The Bertz CT molecular complexity index is 1680. The normalized spacial score (nSPS) is 19.7. The van der Waals surface area contributed by atoms with Crippen LogP contribution in [0.25, 0.3) is 22.5 Å². The third kappa shape index (κ3) is 8.65. The Labute approximate surface area is 279 Å². The zero-order chi connectivity index (χ0) is 33.5. The highest BCUT2D eigenvalue weighted by molar-refractivity contribution is 5.69. The topological polar surface area (TPSA) is 170 Å². The van der Waals surface area contributed by atoms with E-state index in [1.165, 1.54) is 0 Å². The molecular formula is C34H42N10O4. The monoisotopic (exact) mass is 654 g/mol. The van der Waals surface area contributed by atoms with Crippen molar-refractivity contribution in [3.8, 4) is 22.5 Å². The maximum atomic E-state index is 11.9. The molecule has 3 aromatic heterocycles. The van der Waals surface area contributed by atoms with E-state index in [2.05, 4.69) is 44.4 Å². The van der Waals surface area contributed by atoms with Crippen LogP contribution in [-0.2, 0) is 35.8 Å². The van der Waals surface area contributed by atoms with Crippen LogP contribution >= 0.6 is 0 Å². The lowest BCUT2D eigenvalue weighted by Gasteiger charge is -2.33. The van der Waals surface area contributed by atoms with E-state index in [9.17, 15) is 19.8 Å². The molecule has 0 atom stereocenters. The second-order valence-corrected chi connectivity index (χ2v) is 12.4. The van der Waals surface area contributed by atoms with E-state index >= 15 is 0 Å². The summed E-state index contributed by atoms with van der Waals surface area (Å²) in [6.07, 6.45) is 0. The lowest BCUT2D eigenvalue weighted by molar-refractivity contribution is -0.139. The van der Waals surface area contributed by atoms with Gasteiger partial charge in [-0.1, -0.05) is 41.6 Å². The summed E-state index contributed by atoms with van der Waals surface area (Å²) in [5, 5.41) is 28.4. The van der Waals surface area contributed by atoms with Gasteiger partial charge in [0.1, 0.15) is 11.4 Å². The van der Waals surface area contributed by atoms with Crippen molar-refractivity contribution < 1.29 is 19.8 Å². The van der Waals surface area contributed by atoms with Crippen LogP contribution in [0.15, 0.2) is 60.7 Å². The first-order valence-corrected chi connectivity index (χ1v) is 16.3. The Morgan fingerprint density at radius 2 is 1.25 bits per heavy atom.